The van der Waals surface area contributed by atoms with Crippen molar-refractivity contribution in [1.82, 2.24) is 4.98 Å². The lowest BCUT2D eigenvalue weighted by atomic mass is 10.1. The lowest BCUT2D eigenvalue weighted by Gasteiger charge is -2.00. The number of ether oxygens (including phenoxy) is 1. The Morgan fingerprint density at radius 3 is 3.07 bits per heavy atom. The SMILES string of the molecule is Cc1nc(C2CCOC2)oc1CCCN. The predicted molar refractivity (Wildman–Crippen MR) is 56.8 cm³/mol. The number of nitrogens with two attached hydrogens (primary N) is 1. The molecule has 0 bridgehead atoms. The molecule has 0 aliphatic carbocycles. The molecule has 2 heterocycles. The smallest absolute Gasteiger partial charge is 0.200 e. The van der Waals surface area contributed by atoms with E-state index in [1.165, 1.54) is 0 Å². The van der Waals surface area contributed by atoms with Crippen molar-refractivity contribution in [2.24, 2.45) is 5.73 Å². The van der Waals surface area contributed by atoms with E-state index in [9.17, 15) is 0 Å². The Labute approximate surface area is 89.8 Å². The van der Waals surface area contributed by atoms with Crippen LogP contribution in [0.5, 0.6) is 0 Å². The second kappa shape index (κ2) is 4.77. The first-order valence-electron chi connectivity index (χ1n) is 5.55. The molecule has 1 saturated heterocycles. The van der Waals surface area contributed by atoms with Crippen molar-refractivity contribution in [3.05, 3.63) is 17.3 Å². The molecule has 0 radical (unpaired) electrons. The van der Waals surface area contributed by atoms with E-state index in [0.717, 1.165) is 49.8 Å². The molecule has 1 aromatic rings. The molecule has 0 amide bonds. The predicted octanol–water partition coefficient (Wildman–Crippen LogP) is 1.38. The molecule has 2 rings (SSSR count). The molecule has 1 unspecified atom stereocenters. The van der Waals surface area contributed by atoms with E-state index >= 15 is 0 Å². The third kappa shape index (κ3) is 2.38. The minimum Gasteiger partial charge on any atom is -0.445 e. The van der Waals surface area contributed by atoms with Crippen molar-refractivity contribution >= 4 is 0 Å². The van der Waals surface area contributed by atoms with Gasteiger partial charge in [0.25, 0.3) is 0 Å². The van der Waals surface area contributed by atoms with Crippen LogP contribution >= 0.6 is 0 Å². The fourth-order valence-electron chi connectivity index (χ4n) is 1.85. The normalized spacial score (nSPS) is 21.1. The topological polar surface area (TPSA) is 61.3 Å². The van der Waals surface area contributed by atoms with Crippen molar-refractivity contribution < 1.29 is 9.15 Å². The van der Waals surface area contributed by atoms with Crippen molar-refractivity contribution in [1.29, 1.82) is 0 Å². The first-order valence-corrected chi connectivity index (χ1v) is 5.55. The summed E-state index contributed by atoms with van der Waals surface area (Å²) in [4.78, 5) is 4.46. The standard InChI is InChI=1S/C11H18N2O2/c1-8-10(3-2-5-12)15-11(13-8)9-4-6-14-7-9/h9H,2-7,12H2,1H3. The zero-order chi connectivity index (χ0) is 10.7. The van der Waals surface area contributed by atoms with Crippen LogP contribution in [0, 0.1) is 6.92 Å². The Bertz CT molecular complexity index is 316. The molecule has 84 valence electrons. The monoisotopic (exact) mass is 210 g/mol. The number of rotatable bonds is 4. The zero-order valence-electron chi connectivity index (χ0n) is 9.16. The largest absolute Gasteiger partial charge is 0.445 e. The highest BCUT2D eigenvalue weighted by Gasteiger charge is 2.23. The fourth-order valence-corrected chi connectivity index (χ4v) is 1.85. The molecular weight excluding hydrogens is 192 g/mol. The van der Waals surface area contributed by atoms with E-state index in [-0.39, 0.29) is 0 Å². The Balaban J connectivity index is 2.06. The van der Waals surface area contributed by atoms with E-state index in [4.69, 9.17) is 14.9 Å². The molecule has 1 fully saturated rings. The summed E-state index contributed by atoms with van der Waals surface area (Å²) < 4.78 is 11.1. The summed E-state index contributed by atoms with van der Waals surface area (Å²) in [5, 5.41) is 0. The van der Waals surface area contributed by atoms with Crippen LogP contribution < -0.4 is 5.73 Å². The summed E-state index contributed by atoms with van der Waals surface area (Å²) in [5.74, 6) is 2.19. The van der Waals surface area contributed by atoms with Gasteiger partial charge in [-0.15, -0.1) is 0 Å². The molecule has 4 heteroatoms. The molecule has 0 spiro atoms. The highest BCUT2D eigenvalue weighted by atomic mass is 16.5. The third-order valence-electron chi connectivity index (χ3n) is 2.80. The Kier molecular flexibility index (Phi) is 3.38. The molecule has 0 aromatic carbocycles. The van der Waals surface area contributed by atoms with Gasteiger partial charge in [0.2, 0.25) is 0 Å². The van der Waals surface area contributed by atoms with E-state index in [1.54, 1.807) is 0 Å². The van der Waals surface area contributed by atoms with Crippen LogP contribution in [-0.2, 0) is 11.2 Å². The van der Waals surface area contributed by atoms with Gasteiger partial charge in [0, 0.05) is 13.0 Å². The number of oxazole rings is 1. The van der Waals surface area contributed by atoms with Crippen LogP contribution in [0.3, 0.4) is 0 Å². The maximum Gasteiger partial charge on any atom is 0.200 e. The average molecular weight is 210 g/mol. The van der Waals surface area contributed by atoms with Crippen LogP contribution in [0.1, 0.15) is 36.1 Å². The van der Waals surface area contributed by atoms with E-state index in [0.29, 0.717) is 12.5 Å². The van der Waals surface area contributed by atoms with Crippen LogP contribution in [-0.4, -0.2) is 24.7 Å². The molecule has 1 aromatic heterocycles. The van der Waals surface area contributed by atoms with Gasteiger partial charge in [0.1, 0.15) is 5.76 Å². The summed E-state index contributed by atoms with van der Waals surface area (Å²) in [6.45, 7) is 4.26. The van der Waals surface area contributed by atoms with E-state index < -0.39 is 0 Å². The molecule has 4 nitrogen and oxygen atoms in total. The molecule has 1 aliphatic rings. The number of aryl methyl sites for hydroxylation is 2. The molecule has 1 atom stereocenters. The van der Waals surface area contributed by atoms with E-state index in [2.05, 4.69) is 4.98 Å². The summed E-state index contributed by atoms with van der Waals surface area (Å²) in [6, 6.07) is 0. The minimum atomic E-state index is 0.357. The lowest BCUT2D eigenvalue weighted by molar-refractivity contribution is 0.190. The minimum absolute atomic E-state index is 0.357. The van der Waals surface area contributed by atoms with Gasteiger partial charge in [-0.25, -0.2) is 4.98 Å². The summed E-state index contributed by atoms with van der Waals surface area (Å²) in [6.07, 6.45) is 2.87. The lowest BCUT2D eigenvalue weighted by Crippen LogP contribution is -2.00. The highest BCUT2D eigenvalue weighted by Crippen LogP contribution is 2.26. The molecule has 2 N–H and O–H groups in total. The zero-order valence-corrected chi connectivity index (χ0v) is 9.16. The van der Waals surface area contributed by atoms with Crippen molar-refractivity contribution in [3.63, 3.8) is 0 Å². The Morgan fingerprint density at radius 2 is 2.40 bits per heavy atom. The summed E-state index contributed by atoms with van der Waals surface area (Å²) in [7, 11) is 0. The van der Waals surface area contributed by atoms with Crippen LogP contribution in [0.2, 0.25) is 0 Å². The van der Waals surface area contributed by atoms with Crippen LogP contribution in [0.25, 0.3) is 0 Å². The highest BCUT2D eigenvalue weighted by molar-refractivity contribution is 5.10. The fraction of sp³-hybridized carbons (Fsp3) is 0.727. The van der Waals surface area contributed by atoms with Crippen molar-refractivity contribution in [3.8, 4) is 0 Å². The molecule has 1 aliphatic heterocycles. The Morgan fingerprint density at radius 1 is 1.53 bits per heavy atom. The number of aromatic nitrogens is 1. The second-order valence-corrected chi connectivity index (χ2v) is 4.01. The van der Waals surface area contributed by atoms with Gasteiger partial charge in [-0.2, -0.15) is 0 Å². The molecule has 0 saturated carbocycles. The van der Waals surface area contributed by atoms with Crippen molar-refractivity contribution in [2.45, 2.75) is 32.1 Å². The van der Waals surface area contributed by atoms with Gasteiger partial charge in [0.05, 0.1) is 18.2 Å². The maximum atomic E-state index is 5.75. The van der Waals surface area contributed by atoms with Gasteiger partial charge in [-0.3, -0.25) is 0 Å². The Hall–Kier alpha value is -0.870. The average Bonchev–Trinajstić information content (AvgIpc) is 2.83. The van der Waals surface area contributed by atoms with Gasteiger partial charge < -0.3 is 14.9 Å². The second-order valence-electron chi connectivity index (χ2n) is 4.01. The van der Waals surface area contributed by atoms with Gasteiger partial charge in [-0.1, -0.05) is 0 Å². The quantitative estimate of drug-likeness (QED) is 0.815. The first-order chi connectivity index (χ1) is 7.31. The summed E-state index contributed by atoms with van der Waals surface area (Å²) >= 11 is 0. The number of hydrogen-bond donors (Lipinski definition) is 1. The van der Waals surface area contributed by atoms with Gasteiger partial charge in [0.15, 0.2) is 5.89 Å². The molecular formula is C11H18N2O2. The van der Waals surface area contributed by atoms with Crippen LogP contribution in [0.15, 0.2) is 4.42 Å². The van der Waals surface area contributed by atoms with Crippen molar-refractivity contribution in [2.75, 3.05) is 19.8 Å². The number of hydrogen-bond acceptors (Lipinski definition) is 4. The molecule has 15 heavy (non-hydrogen) atoms. The third-order valence-corrected chi connectivity index (χ3v) is 2.80. The first kappa shape index (κ1) is 10.6. The maximum absolute atomic E-state index is 5.75. The van der Waals surface area contributed by atoms with Gasteiger partial charge in [-0.05, 0) is 26.3 Å². The van der Waals surface area contributed by atoms with Gasteiger partial charge >= 0.3 is 0 Å². The van der Waals surface area contributed by atoms with E-state index in [1.807, 2.05) is 6.92 Å². The summed E-state index contributed by atoms with van der Waals surface area (Å²) in [5.41, 5.74) is 6.48. The number of nitrogens with zero attached hydrogens (tertiary/aromatic N) is 1. The van der Waals surface area contributed by atoms with Crippen LogP contribution in [0.4, 0.5) is 0 Å².